The minimum absolute atomic E-state index is 0.0735. The molecule has 1 saturated carbocycles. The van der Waals surface area contributed by atoms with E-state index in [-0.39, 0.29) is 18.0 Å². The Hall–Kier alpha value is -4.97. The summed E-state index contributed by atoms with van der Waals surface area (Å²) in [6.07, 6.45) is -1.47. The van der Waals surface area contributed by atoms with Crippen LogP contribution in [-0.4, -0.2) is 59.9 Å². The lowest BCUT2D eigenvalue weighted by molar-refractivity contribution is -0.137. The molecule has 47 heavy (non-hydrogen) atoms. The first-order valence-electron chi connectivity index (χ1n) is 15.6. The smallest absolute Gasteiger partial charge is 0.369 e. The average molecular weight is 642 g/mol. The molecule has 3 heterocycles. The van der Waals surface area contributed by atoms with Crippen LogP contribution in [0.4, 0.5) is 41.9 Å². The number of hydrogen-bond acceptors (Lipinski definition) is 7. The fourth-order valence-electron chi connectivity index (χ4n) is 6.34. The molecule has 0 bridgehead atoms. The van der Waals surface area contributed by atoms with Gasteiger partial charge in [0.2, 0.25) is 11.9 Å². The van der Waals surface area contributed by atoms with Gasteiger partial charge in [-0.15, -0.1) is 0 Å². The third-order valence-corrected chi connectivity index (χ3v) is 9.25. The van der Waals surface area contributed by atoms with Crippen LogP contribution in [0.1, 0.15) is 45.6 Å². The summed E-state index contributed by atoms with van der Waals surface area (Å²) in [6, 6.07) is 17.6. The number of aromatic nitrogens is 2. The molecule has 1 aliphatic carbocycles. The maximum atomic E-state index is 14.0. The van der Waals surface area contributed by atoms with Crippen LogP contribution in [0.2, 0.25) is 0 Å². The molecule has 0 radical (unpaired) electrons. The van der Waals surface area contributed by atoms with Crippen LogP contribution in [-0.2, 0) is 22.9 Å². The van der Waals surface area contributed by atoms with Gasteiger partial charge in [-0.1, -0.05) is 12.1 Å². The number of benzene rings is 3. The second-order valence-corrected chi connectivity index (χ2v) is 12.5. The van der Waals surface area contributed by atoms with Gasteiger partial charge in [-0.3, -0.25) is 9.59 Å². The Morgan fingerprint density at radius 2 is 1.66 bits per heavy atom. The van der Waals surface area contributed by atoms with E-state index in [4.69, 9.17) is 4.98 Å². The maximum absolute atomic E-state index is 14.0. The van der Waals surface area contributed by atoms with Gasteiger partial charge in [-0.2, -0.15) is 13.2 Å². The molecule has 1 saturated heterocycles. The standard InChI is InChI=1S/C35H34F3N7O2/c1-22-6-7-27(40-31(46)23-4-3-5-25(18-23)35(36,37)38)19-29(22)45-21-24-20-39-33(42-30(24)34(12-13-34)32(45)47)41-26-8-10-28(11-9-26)44-16-14-43(2)15-17-44/h3-11,18-20H,12-17,21H2,1-2H3,(H,40,46)(H,39,41,42). The van der Waals surface area contributed by atoms with E-state index in [0.29, 0.717) is 30.2 Å². The largest absolute Gasteiger partial charge is 0.416 e. The molecule has 242 valence electrons. The molecule has 2 amide bonds. The summed E-state index contributed by atoms with van der Waals surface area (Å²) in [5.74, 6) is -0.322. The zero-order valence-electron chi connectivity index (χ0n) is 26.1. The van der Waals surface area contributed by atoms with E-state index in [1.165, 1.54) is 17.8 Å². The normalized spacial score (nSPS) is 17.4. The van der Waals surface area contributed by atoms with Crippen molar-refractivity contribution in [1.82, 2.24) is 14.9 Å². The van der Waals surface area contributed by atoms with Gasteiger partial charge < -0.3 is 25.3 Å². The number of halogens is 3. The van der Waals surface area contributed by atoms with Gasteiger partial charge in [0.05, 0.1) is 23.2 Å². The van der Waals surface area contributed by atoms with Crippen molar-refractivity contribution >= 4 is 40.5 Å². The van der Waals surface area contributed by atoms with Crippen LogP contribution in [0.15, 0.2) is 72.9 Å². The van der Waals surface area contributed by atoms with E-state index in [2.05, 4.69) is 44.6 Å². The summed E-state index contributed by atoms with van der Waals surface area (Å²) in [5.41, 5.74) is 3.63. The zero-order valence-corrected chi connectivity index (χ0v) is 26.1. The topological polar surface area (TPSA) is 93.7 Å². The molecule has 2 N–H and O–H groups in total. The first-order chi connectivity index (χ1) is 22.5. The van der Waals surface area contributed by atoms with E-state index in [9.17, 15) is 22.8 Å². The number of nitrogens with one attached hydrogen (secondary N) is 2. The molecule has 12 heteroatoms. The monoisotopic (exact) mass is 641 g/mol. The van der Waals surface area contributed by atoms with E-state index in [1.54, 1.807) is 29.3 Å². The van der Waals surface area contributed by atoms with E-state index in [0.717, 1.165) is 60.8 Å². The van der Waals surface area contributed by atoms with Crippen molar-refractivity contribution in [2.75, 3.05) is 53.7 Å². The van der Waals surface area contributed by atoms with Gasteiger partial charge in [-0.25, -0.2) is 9.97 Å². The number of aryl methyl sites for hydroxylation is 1. The van der Waals surface area contributed by atoms with Crippen molar-refractivity contribution in [3.8, 4) is 0 Å². The van der Waals surface area contributed by atoms with Crippen LogP contribution < -0.4 is 20.4 Å². The molecule has 9 nitrogen and oxygen atoms in total. The number of alkyl halides is 3. The van der Waals surface area contributed by atoms with Crippen molar-refractivity contribution in [3.63, 3.8) is 0 Å². The van der Waals surface area contributed by atoms with Crippen molar-refractivity contribution in [3.05, 3.63) is 101 Å². The summed E-state index contributed by atoms with van der Waals surface area (Å²) in [4.78, 5) is 42.7. The van der Waals surface area contributed by atoms with Gasteiger partial charge in [0.1, 0.15) is 0 Å². The molecular weight excluding hydrogens is 607 g/mol. The highest BCUT2D eigenvalue weighted by atomic mass is 19.4. The predicted molar refractivity (Wildman–Crippen MR) is 174 cm³/mol. The second kappa shape index (κ2) is 11.7. The van der Waals surface area contributed by atoms with Gasteiger partial charge in [0, 0.05) is 66.3 Å². The number of nitrogens with zero attached hydrogens (tertiary/aromatic N) is 5. The molecule has 3 aromatic carbocycles. The fourth-order valence-corrected chi connectivity index (χ4v) is 6.34. The quantitative estimate of drug-likeness (QED) is 0.262. The molecule has 3 aliphatic rings. The number of piperazine rings is 1. The summed E-state index contributed by atoms with van der Waals surface area (Å²) in [6.45, 7) is 6.17. The third-order valence-electron chi connectivity index (χ3n) is 9.25. The Morgan fingerprint density at radius 1 is 0.936 bits per heavy atom. The summed E-state index contributed by atoms with van der Waals surface area (Å²) < 4.78 is 39.6. The summed E-state index contributed by atoms with van der Waals surface area (Å²) >= 11 is 0. The fraction of sp³-hybridized carbons (Fsp3) is 0.314. The lowest BCUT2D eigenvalue weighted by atomic mass is 9.91. The highest BCUT2D eigenvalue weighted by molar-refractivity contribution is 6.07. The third kappa shape index (κ3) is 6.00. The Balaban J connectivity index is 1.09. The molecule has 0 unspecified atom stereocenters. The minimum atomic E-state index is -4.56. The number of hydrogen-bond donors (Lipinski definition) is 2. The Morgan fingerprint density at radius 3 is 2.36 bits per heavy atom. The van der Waals surface area contributed by atoms with Gasteiger partial charge in [-0.05, 0) is 87.0 Å². The number of anilines is 5. The number of carbonyl (C=O) groups is 2. The van der Waals surface area contributed by atoms with Crippen LogP contribution in [0.25, 0.3) is 0 Å². The number of fused-ring (bicyclic) bond motifs is 2. The second-order valence-electron chi connectivity index (χ2n) is 12.5. The van der Waals surface area contributed by atoms with E-state index >= 15 is 0 Å². The number of rotatable bonds is 6. The molecule has 1 spiro atoms. The van der Waals surface area contributed by atoms with Crippen molar-refractivity contribution in [2.45, 2.75) is 37.9 Å². The minimum Gasteiger partial charge on any atom is -0.369 e. The van der Waals surface area contributed by atoms with Crippen LogP contribution in [0.3, 0.4) is 0 Å². The van der Waals surface area contributed by atoms with Crippen molar-refractivity contribution in [2.24, 2.45) is 0 Å². The lowest BCUT2D eigenvalue weighted by Gasteiger charge is -2.34. The highest BCUT2D eigenvalue weighted by Gasteiger charge is 2.58. The summed E-state index contributed by atoms with van der Waals surface area (Å²) in [5, 5.41) is 5.98. The number of carbonyl (C=O) groups excluding carboxylic acids is 2. The first-order valence-corrected chi connectivity index (χ1v) is 15.6. The van der Waals surface area contributed by atoms with Crippen molar-refractivity contribution in [1.29, 1.82) is 0 Å². The SMILES string of the molecule is Cc1ccc(NC(=O)c2cccc(C(F)(F)F)c2)cc1N1Cc2cnc(Nc3ccc(N4CCN(C)CC4)cc3)nc2C2(CC2)C1=O. The van der Waals surface area contributed by atoms with Gasteiger partial charge in [0.15, 0.2) is 0 Å². The van der Waals surface area contributed by atoms with Crippen LogP contribution >= 0.6 is 0 Å². The van der Waals surface area contributed by atoms with Gasteiger partial charge >= 0.3 is 6.18 Å². The Bertz CT molecular complexity index is 1850. The molecule has 7 rings (SSSR count). The van der Waals surface area contributed by atoms with E-state index in [1.807, 2.05) is 19.1 Å². The average Bonchev–Trinajstić information content (AvgIpc) is 3.86. The maximum Gasteiger partial charge on any atom is 0.416 e. The van der Waals surface area contributed by atoms with Crippen LogP contribution in [0, 0.1) is 6.92 Å². The molecule has 2 aliphatic heterocycles. The first kappa shape index (κ1) is 30.7. The van der Waals surface area contributed by atoms with Crippen LogP contribution in [0.5, 0.6) is 0 Å². The van der Waals surface area contributed by atoms with Gasteiger partial charge in [0.25, 0.3) is 5.91 Å². The summed E-state index contributed by atoms with van der Waals surface area (Å²) in [7, 11) is 2.14. The molecule has 4 aromatic rings. The molecule has 0 atom stereocenters. The Kier molecular flexibility index (Phi) is 7.62. The highest BCUT2D eigenvalue weighted by Crippen LogP contribution is 2.53. The molecular formula is C35H34F3N7O2. The lowest BCUT2D eigenvalue weighted by Crippen LogP contribution is -2.45. The molecule has 2 fully saturated rings. The predicted octanol–water partition coefficient (Wildman–Crippen LogP) is 6.13. The van der Waals surface area contributed by atoms with E-state index < -0.39 is 23.1 Å². The Labute approximate surface area is 270 Å². The number of amides is 2. The number of likely N-dealkylation sites (N-methyl/N-ethyl adjacent to an activating group) is 1. The van der Waals surface area contributed by atoms with Crippen molar-refractivity contribution < 1.29 is 22.8 Å². The molecule has 1 aromatic heterocycles. The zero-order chi connectivity index (χ0) is 32.9.